The van der Waals surface area contributed by atoms with Crippen LogP contribution in [0.3, 0.4) is 0 Å². The van der Waals surface area contributed by atoms with Crippen LogP contribution in [-0.2, 0) is 29.8 Å². The fourth-order valence-corrected chi connectivity index (χ4v) is 2.66. The van der Waals surface area contributed by atoms with E-state index in [1.807, 2.05) is 0 Å². The van der Waals surface area contributed by atoms with Gasteiger partial charge in [0, 0.05) is 0 Å². The second kappa shape index (κ2) is 7.59. The Kier molecular flexibility index (Phi) is 6.39. The van der Waals surface area contributed by atoms with Crippen LogP contribution >= 0.6 is 7.60 Å². The number of hydrogen-bond acceptors (Lipinski definition) is 5. The Bertz CT molecular complexity index is 503. The number of esters is 1. The molecule has 0 saturated carbocycles. The first kappa shape index (κ1) is 17.7. The predicted molar refractivity (Wildman–Crippen MR) is 67.7 cm³/mol. The minimum Gasteiger partial charge on any atom is -0.469 e. The molecule has 0 aliphatic heterocycles. The number of methoxy groups -OCH3 is 1. The van der Waals surface area contributed by atoms with Gasteiger partial charge in [0.15, 0.2) is 6.61 Å². The Morgan fingerprint density at radius 1 is 1.19 bits per heavy atom. The van der Waals surface area contributed by atoms with Crippen LogP contribution in [0.2, 0.25) is 0 Å². The number of halogens is 3. The van der Waals surface area contributed by atoms with Gasteiger partial charge in [0.1, 0.15) is 6.16 Å². The first-order valence-corrected chi connectivity index (χ1v) is 7.52. The van der Waals surface area contributed by atoms with Crippen molar-refractivity contribution in [3.8, 4) is 0 Å². The molecule has 0 radical (unpaired) electrons. The molecule has 0 amide bonds. The minimum absolute atomic E-state index is 0.243. The summed E-state index contributed by atoms with van der Waals surface area (Å²) in [6.07, 6.45) is -5.56. The van der Waals surface area contributed by atoms with Crippen LogP contribution in [-0.4, -0.2) is 32.0 Å². The quantitative estimate of drug-likeness (QED) is 0.569. The van der Waals surface area contributed by atoms with Crippen LogP contribution in [0.25, 0.3) is 0 Å². The average Bonchev–Trinajstić information content (AvgIpc) is 2.44. The van der Waals surface area contributed by atoms with Gasteiger partial charge in [-0.1, -0.05) is 30.3 Å². The van der Waals surface area contributed by atoms with Gasteiger partial charge in [0.05, 0.1) is 13.7 Å². The maximum Gasteiger partial charge on any atom is 0.412 e. The van der Waals surface area contributed by atoms with Gasteiger partial charge in [-0.05, 0) is 5.56 Å². The second-order valence-corrected chi connectivity index (χ2v) is 6.05. The van der Waals surface area contributed by atoms with Gasteiger partial charge in [0.2, 0.25) is 0 Å². The molecule has 1 unspecified atom stereocenters. The van der Waals surface area contributed by atoms with E-state index >= 15 is 0 Å². The highest BCUT2D eigenvalue weighted by molar-refractivity contribution is 7.54. The summed E-state index contributed by atoms with van der Waals surface area (Å²) in [6, 6.07) is 8.36. The monoisotopic (exact) mass is 326 g/mol. The van der Waals surface area contributed by atoms with Crippen molar-refractivity contribution in [2.45, 2.75) is 12.8 Å². The molecule has 0 heterocycles. The van der Waals surface area contributed by atoms with Crippen LogP contribution in [0.15, 0.2) is 30.3 Å². The van der Waals surface area contributed by atoms with Crippen molar-refractivity contribution in [2.75, 3.05) is 19.9 Å². The van der Waals surface area contributed by atoms with Gasteiger partial charge in [-0.15, -0.1) is 0 Å². The Hall–Kier alpha value is -1.37. The minimum atomic E-state index is -4.68. The molecule has 0 bridgehead atoms. The third kappa shape index (κ3) is 7.27. The molecule has 5 nitrogen and oxygen atoms in total. The molecule has 0 spiro atoms. The van der Waals surface area contributed by atoms with E-state index in [0.29, 0.717) is 5.56 Å². The van der Waals surface area contributed by atoms with Crippen molar-refractivity contribution in [3.63, 3.8) is 0 Å². The SMILES string of the molecule is COC(=O)CP(=O)(OCc1ccccc1)OCC(F)(F)F. The van der Waals surface area contributed by atoms with Gasteiger partial charge in [-0.3, -0.25) is 13.9 Å². The third-order valence-corrected chi connectivity index (χ3v) is 3.94. The summed E-state index contributed by atoms with van der Waals surface area (Å²) in [7, 11) is -3.23. The lowest BCUT2D eigenvalue weighted by Gasteiger charge is -2.18. The first-order chi connectivity index (χ1) is 9.74. The van der Waals surface area contributed by atoms with E-state index in [9.17, 15) is 22.5 Å². The van der Waals surface area contributed by atoms with E-state index in [2.05, 4.69) is 9.26 Å². The van der Waals surface area contributed by atoms with Crippen molar-refractivity contribution >= 4 is 13.6 Å². The molecule has 1 aromatic rings. The van der Waals surface area contributed by atoms with E-state index in [1.165, 1.54) is 0 Å². The predicted octanol–water partition coefficient (Wildman–Crippen LogP) is 3.15. The molecule has 0 N–H and O–H groups in total. The maximum absolute atomic E-state index is 12.2. The van der Waals surface area contributed by atoms with E-state index in [1.54, 1.807) is 30.3 Å². The largest absolute Gasteiger partial charge is 0.469 e. The number of hydrogen-bond donors (Lipinski definition) is 0. The van der Waals surface area contributed by atoms with Crippen LogP contribution in [0, 0.1) is 0 Å². The van der Waals surface area contributed by atoms with E-state index < -0.39 is 32.5 Å². The number of carbonyl (C=O) groups is 1. The van der Waals surface area contributed by atoms with Crippen molar-refractivity contribution in [3.05, 3.63) is 35.9 Å². The molecule has 0 aliphatic rings. The maximum atomic E-state index is 12.2. The Morgan fingerprint density at radius 2 is 1.81 bits per heavy atom. The molecular formula is C12H14F3O5P. The molecule has 0 aromatic heterocycles. The summed E-state index contributed by atoms with van der Waals surface area (Å²) in [5.74, 6) is -0.978. The molecule has 0 saturated heterocycles. The standard InChI is InChI=1S/C12H14F3O5P/c1-18-11(16)8-21(17,20-9-12(13,14)15)19-7-10-5-3-2-4-6-10/h2-6H,7-9H2,1H3. The Labute approximate surface area is 119 Å². The molecule has 0 aliphatic carbocycles. The van der Waals surface area contributed by atoms with Gasteiger partial charge in [0.25, 0.3) is 0 Å². The number of rotatable bonds is 7. The smallest absolute Gasteiger partial charge is 0.412 e. The average molecular weight is 326 g/mol. The fourth-order valence-electron chi connectivity index (χ4n) is 1.27. The molecule has 1 aromatic carbocycles. The highest BCUT2D eigenvalue weighted by Crippen LogP contribution is 2.49. The number of alkyl halides is 3. The lowest BCUT2D eigenvalue weighted by molar-refractivity contribution is -0.156. The number of ether oxygens (including phenoxy) is 1. The fraction of sp³-hybridized carbons (Fsp3) is 0.417. The van der Waals surface area contributed by atoms with E-state index in [-0.39, 0.29) is 6.61 Å². The van der Waals surface area contributed by atoms with Crippen molar-refractivity contribution < 1.29 is 36.3 Å². The van der Waals surface area contributed by atoms with E-state index in [4.69, 9.17) is 4.52 Å². The summed E-state index contributed by atoms with van der Waals surface area (Å²) in [4.78, 5) is 11.1. The van der Waals surface area contributed by atoms with Crippen molar-refractivity contribution in [2.24, 2.45) is 0 Å². The lowest BCUT2D eigenvalue weighted by atomic mass is 10.2. The van der Waals surface area contributed by atoms with Gasteiger partial charge in [-0.25, -0.2) is 0 Å². The van der Waals surface area contributed by atoms with Gasteiger partial charge in [-0.2, -0.15) is 13.2 Å². The first-order valence-electron chi connectivity index (χ1n) is 5.80. The summed E-state index contributed by atoms with van der Waals surface area (Å²) in [5.41, 5.74) is 0.582. The molecule has 0 fully saturated rings. The summed E-state index contributed by atoms with van der Waals surface area (Å²) in [5, 5.41) is 0. The molecule has 9 heteroatoms. The van der Waals surface area contributed by atoms with Crippen molar-refractivity contribution in [1.82, 2.24) is 0 Å². The zero-order valence-corrected chi connectivity index (χ0v) is 12.0. The molecule has 118 valence electrons. The normalized spacial score (nSPS) is 14.5. The summed E-state index contributed by atoms with van der Waals surface area (Å²) >= 11 is 0. The molecule has 1 atom stereocenters. The summed E-state index contributed by atoms with van der Waals surface area (Å²) in [6.45, 7) is -2.01. The molecule has 1 rings (SSSR count). The van der Waals surface area contributed by atoms with Crippen LogP contribution in [0.4, 0.5) is 13.2 Å². The lowest BCUT2D eigenvalue weighted by Crippen LogP contribution is -2.19. The van der Waals surface area contributed by atoms with Crippen molar-refractivity contribution in [1.29, 1.82) is 0 Å². The highest BCUT2D eigenvalue weighted by Gasteiger charge is 2.36. The Morgan fingerprint density at radius 3 is 2.33 bits per heavy atom. The molecule has 21 heavy (non-hydrogen) atoms. The van der Waals surface area contributed by atoms with E-state index in [0.717, 1.165) is 7.11 Å². The second-order valence-electron chi connectivity index (χ2n) is 3.99. The number of carbonyl (C=O) groups excluding carboxylic acids is 1. The highest BCUT2D eigenvalue weighted by atomic mass is 31.2. The summed E-state index contributed by atoms with van der Waals surface area (Å²) < 4.78 is 62.1. The van der Waals surface area contributed by atoms with Gasteiger partial charge < -0.3 is 9.26 Å². The topological polar surface area (TPSA) is 61.8 Å². The third-order valence-electron chi connectivity index (χ3n) is 2.25. The number of benzene rings is 1. The van der Waals surface area contributed by atoms with Gasteiger partial charge >= 0.3 is 19.7 Å². The Balaban J connectivity index is 2.71. The zero-order valence-electron chi connectivity index (χ0n) is 11.1. The van der Waals surface area contributed by atoms with Crippen LogP contribution in [0.5, 0.6) is 0 Å². The van der Waals surface area contributed by atoms with Crippen LogP contribution in [0.1, 0.15) is 5.56 Å². The zero-order chi connectivity index (χ0) is 15.9. The van der Waals surface area contributed by atoms with Crippen LogP contribution < -0.4 is 0 Å². The molecular weight excluding hydrogens is 312 g/mol.